The maximum atomic E-state index is 11.5. The summed E-state index contributed by atoms with van der Waals surface area (Å²) < 4.78 is 4.83. The number of nitrogens with zero attached hydrogens (tertiary/aromatic N) is 1. The molecule has 0 fully saturated rings. The van der Waals surface area contributed by atoms with Gasteiger partial charge >= 0.3 is 11.9 Å². The molecular weight excluding hydrogens is 310 g/mol. The zero-order valence-electron chi connectivity index (χ0n) is 12.0. The van der Waals surface area contributed by atoms with Crippen molar-refractivity contribution >= 4 is 34.4 Å². The standard InChI is InChI=1S/C15H14ClNO5/c1-9(2)20-13(18)8-14(19)22-21-12-6-5-11(16)10-4-3-7-17-15(10)12/h3-7,9H,8H2,1-2H3. The van der Waals surface area contributed by atoms with Crippen LogP contribution >= 0.6 is 11.6 Å². The van der Waals surface area contributed by atoms with Crippen molar-refractivity contribution in [2.75, 3.05) is 0 Å². The summed E-state index contributed by atoms with van der Waals surface area (Å²) in [5.41, 5.74) is 0.451. The van der Waals surface area contributed by atoms with Crippen LogP contribution in [0.1, 0.15) is 20.3 Å². The van der Waals surface area contributed by atoms with Crippen LogP contribution in [0.15, 0.2) is 30.5 Å². The van der Waals surface area contributed by atoms with Crippen LogP contribution in [-0.2, 0) is 19.2 Å². The van der Waals surface area contributed by atoms with Crippen molar-refractivity contribution in [3.8, 4) is 5.75 Å². The van der Waals surface area contributed by atoms with E-state index in [-0.39, 0.29) is 11.9 Å². The predicted octanol–water partition coefficient (Wildman–Crippen LogP) is 3.07. The zero-order valence-corrected chi connectivity index (χ0v) is 12.8. The summed E-state index contributed by atoms with van der Waals surface area (Å²) in [5.74, 6) is -1.31. The number of halogens is 1. The predicted molar refractivity (Wildman–Crippen MR) is 79.3 cm³/mol. The molecular formula is C15H14ClNO5. The van der Waals surface area contributed by atoms with Gasteiger partial charge in [-0.2, -0.15) is 0 Å². The maximum absolute atomic E-state index is 11.5. The summed E-state index contributed by atoms with van der Waals surface area (Å²) >= 11 is 6.04. The topological polar surface area (TPSA) is 74.7 Å². The van der Waals surface area contributed by atoms with Gasteiger partial charge in [-0.25, -0.2) is 9.68 Å². The van der Waals surface area contributed by atoms with E-state index >= 15 is 0 Å². The number of aromatic nitrogens is 1. The third-order valence-electron chi connectivity index (χ3n) is 2.56. The van der Waals surface area contributed by atoms with Gasteiger partial charge in [0, 0.05) is 11.6 Å². The SMILES string of the molecule is CC(C)OC(=O)CC(=O)OOc1ccc(Cl)c2cccnc12. The molecule has 22 heavy (non-hydrogen) atoms. The van der Waals surface area contributed by atoms with Crippen molar-refractivity contribution < 1.29 is 24.1 Å². The lowest BCUT2D eigenvalue weighted by Gasteiger charge is -2.09. The fourth-order valence-corrected chi connectivity index (χ4v) is 1.94. The highest BCUT2D eigenvalue weighted by Crippen LogP contribution is 2.29. The summed E-state index contributed by atoms with van der Waals surface area (Å²) in [6.45, 7) is 3.37. The normalized spacial score (nSPS) is 10.5. The Balaban J connectivity index is 2.02. The second kappa shape index (κ2) is 7.09. The minimum Gasteiger partial charge on any atom is -0.463 e. The number of pyridine rings is 1. The number of hydrogen-bond acceptors (Lipinski definition) is 6. The Labute approximate surface area is 131 Å². The molecule has 0 aliphatic heterocycles. The Kier molecular flexibility index (Phi) is 5.16. The molecule has 0 saturated carbocycles. The van der Waals surface area contributed by atoms with Gasteiger partial charge in [-0.3, -0.25) is 14.7 Å². The van der Waals surface area contributed by atoms with Crippen LogP contribution in [0.25, 0.3) is 10.9 Å². The van der Waals surface area contributed by atoms with Crippen LogP contribution in [0.3, 0.4) is 0 Å². The Hall–Kier alpha value is -2.34. The van der Waals surface area contributed by atoms with E-state index in [9.17, 15) is 9.59 Å². The van der Waals surface area contributed by atoms with Crippen LogP contribution < -0.4 is 4.89 Å². The van der Waals surface area contributed by atoms with Gasteiger partial charge in [0.25, 0.3) is 0 Å². The minimum atomic E-state index is -0.857. The van der Waals surface area contributed by atoms with Crippen LogP contribution in [0.4, 0.5) is 0 Å². The second-order valence-electron chi connectivity index (χ2n) is 4.70. The molecule has 0 atom stereocenters. The fraction of sp³-hybridized carbons (Fsp3) is 0.267. The molecule has 1 aromatic heterocycles. The largest absolute Gasteiger partial charge is 0.463 e. The molecule has 0 N–H and O–H groups in total. The first-order valence-electron chi connectivity index (χ1n) is 6.57. The van der Waals surface area contributed by atoms with Gasteiger partial charge in [0.1, 0.15) is 11.9 Å². The Bertz CT molecular complexity index is 701. The lowest BCUT2D eigenvalue weighted by molar-refractivity contribution is -0.214. The lowest BCUT2D eigenvalue weighted by Crippen LogP contribution is -2.18. The van der Waals surface area contributed by atoms with Gasteiger partial charge < -0.3 is 4.74 Å². The van der Waals surface area contributed by atoms with Gasteiger partial charge in [0.2, 0.25) is 5.75 Å². The Morgan fingerprint density at radius 2 is 2.00 bits per heavy atom. The molecule has 7 heteroatoms. The van der Waals surface area contributed by atoms with E-state index in [0.29, 0.717) is 15.9 Å². The summed E-state index contributed by atoms with van der Waals surface area (Å²) in [6.07, 6.45) is 0.732. The smallest absolute Gasteiger partial charge is 0.366 e. The molecule has 0 saturated heterocycles. The third-order valence-corrected chi connectivity index (χ3v) is 2.89. The number of carbonyl (C=O) groups is 2. The van der Waals surface area contributed by atoms with Crippen molar-refractivity contribution in [3.63, 3.8) is 0 Å². The van der Waals surface area contributed by atoms with Crippen molar-refractivity contribution in [1.29, 1.82) is 0 Å². The second-order valence-corrected chi connectivity index (χ2v) is 5.11. The number of carbonyl (C=O) groups excluding carboxylic acids is 2. The van der Waals surface area contributed by atoms with E-state index in [1.165, 1.54) is 6.07 Å². The molecule has 0 bridgehead atoms. The first kappa shape index (κ1) is 16.0. The molecule has 6 nitrogen and oxygen atoms in total. The highest BCUT2D eigenvalue weighted by atomic mass is 35.5. The first-order chi connectivity index (χ1) is 10.5. The van der Waals surface area contributed by atoms with Crippen LogP contribution in [0, 0.1) is 0 Å². The average Bonchev–Trinajstić information content (AvgIpc) is 2.46. The van der Waals surface area contributed by atoms with Crippen LogP contribution in [-0.4, -0.2) is 23.0 Å². The zero-order chi connectivity index (χ0) is 16.1. The van der Waals surface area contributed by atoms with Crippen molar-refractivity contribution in [3.05, 3.63) is 35.5 Å². The van der Waals surface area contributed by atoms with E-state index in [1.54, 1.807) is 38.2 Å². The molecule has 116 valence electrons. The summed E-state index contributed by atoms with van der Waals surface area (Å²) in [5, 5.41) is 1.17. The molecule has 1 heterocycles. The number of rotatable bonds is 5. The molecule has 1 aromatic carbocycles. The number of benzene rings is 1. The number of esters is 1. The number of ether oxygens (including phenoxy) is 1. The van der Waals surface area contributed by atoms with E-state index in [4.69, 9.17) is 21.2 Å². The minimum absolute atomic E-state index is 0.227. The molecule has 2 aromatic rings. The van der Waals surface area contributed by atoms with Crippen molar-refractivity contribution in [2.24, 2.45) is 0 Å². The number of hydrogen-bond donors (Lipinski definition) is 0. The van der Waals surface area contributed by atoms with E-state index in [2.05, 4.69) is 9.87 Å². The van der Waals surface area contributed by atoms with Crippen molar-refractivity contribution in [2.45, 2.75) is 26.4 Å². The summed E-state index contributed by atoms with van der Waals surface area (Å²) in [7, 11) is 0. The van der Waals surface area contributed by atoms with Gasteiger partial charge in [0.05, 0.1) is 11.1 Å². The van der Waals surface area contributed by atoms with Crippen LogP contribution in [0.5, 0.6) is 5.75 Å². The Morgan fingerprint density at radius 1 is 1.23 bits per heavy atom. The monoisotopic (exact) mass is 323 g/mol. The highest BCUT2D eigenvalue weighted by Gasteiger charge is 2.16. The van der Waals surface area contributed by atoms with Gasteiger partial charge in [-0.15, -0.1) is 0 Å². The summed E-state index contributed by atoms with van der Waals surface area (Å²) in [4.78, 5) is 36.5. The Morgan fingerprint density at radius 3 is 2.73 bits per heavy atom. The number of fused-ring (bicyclic) bond motifs is 1. The molecule has 0 radical (unpaired) electrons. The molecule has 0 aliphatic rings. The third kappa shape index (κ3) is 4.08. The molecule has 0 amide bonds. The quantitative estimate of drug-likeness (QED) is 0.364. The van der Waals surface area contributed by atoms with Gasteiger partial charge in [0.15, 0.2) is 0 Å². The fourth-order valence-electron chi connectivity index (χ4n) is 1.72. The average molecular weight is 324 g/mol. The highest BCUT2D eigenvalue weighted by molar-refractivity contribution is 6.35. The van der Waals surface area contributed by atoms with E-state index < -0.39 is 18.4 Å². The lowest BCUT2D eigenvalue weighted by atomic mass is 10.2. The molecule has 0 unspecified atom stereocenters. The van der Waals surface area contributed by atoms with Crippen LogP contribution in [0.2, 0.25) is 5.02 Å². The maximum Gasteiger partial charge on any atom is 0.366 e. The summed E-state index contributed by atoms with van der Waals surface area (Å²) in [6, 6.07) is 6.62. The molecule has 0 spiro atoms. The molecule has 0 aliphatic carbocycles. The molecule has 2 rings (SSSR count). The first-order valence-corrected chi connectivity index (χ1v) is 6.95. The van der Waals surface area contributed by atoms with Gasteiger partial charge in [-0.1, -0.05) is 11.6 Å². The van der Waals surface area contributed by atoms with E-state index in [1.807, 2.05) is 0 Å². The van der Waals surface area contributed by atoms with E-state index in [0.717, 1.165) is 0 Å². The van der Waals surface area contributed by atoms with Gasteiger partial charge in [-0.05, 0) is 38.1 Å². The van der Waals surface area contributed by atoms with Crippen molar-refractivity contribution in [1.82, 2.24) is 4.98 Å².